The van der Waals surface area contributed by atoms with E-state index in [1.165, 1.54) is 11.2 Å². The largest absolute Gasteiger partial charge is 0.363 e. The van der Waals surface area contributed by atoms with Gasteiger partial charge in [-0.2, -0.15) is 4.31 Å². The fourth-order valence-electron chi connectivity index (χ4n) is 3.05. The Balaban J connectivity index is 1.67. The average Bonchev–Trinajstić information content (AvgIpc) is 2.91. The quantitative estimate of drug-likeness (QED) is 0.529. The van der Waals surface area contributed by atoms with Crippen LogP contribution in [-0.2, 0) is 14.8 Å². The smallest absolute Gasteiger partial charge is 0.322 e. The molecule has 0 radical (unpaired) electrons. The van der Waals surface area contributed by atoms with Gasteiger partial charge in [0.1, 0.15) is 11.4 Å². The van der Waals surface area contributed by atoms with Crippen LogP contribution in [0.15, 0.2) is 30.0 Å². The van der Waals surface area contributed by atoms with E-state index in [1.54, 1.807) is 12.3 Å². The summed E-state index contributed by atoms with van der Waals surface area (Å²) in [4.78, 5) is 29.4. The van der Waals surface area contributed by atoms with E-state index in [4.69, 9.17) is 0 Å². The van der Waals surface area contributed by atoms with Crippen LogP contribution in [0, 0.1) is 11.8 Å². The zero-order valence-electron chi connectivity index (χ0n) is 16.5. The molecule has 1 atom stereocenters. The number of rotatable bonds is 4. The number of urea groups is 1. The zero-order valence-corrected chi connectivity index (χ0v) is 17.3. The highest BCUT2D eigenvalue weighted by molar-refractivity contribution is 7.89. The molecule has 0 aromatic carbocycles. The Morgan fingerprint density at radius 2 is 2.07 bits per heavy atom. The molecule has 0 bridgehead atoms. The molecule has 0 unspecified atom stereocenters. The van der Waals surface area contributed by atoms with Gasteiger partial charge in [-0.1, -0.05) is 17.9 Å². The monoisotopic (exact) mass is 417 g/mol. The van der Waals surface area contributed by atoms with Crippen molar-refractivity contribution in [3.8, 4) is 11.8 Å². The van der Waals surface area contributed by atoms with Gasteiger partial charge in [-0.25, -0.2) is 18.2 Å². The van der Waals surface area contributed by atoms with Crippen molar-refractivity contribution in [2.24, 2.45) is 0 Å². The van der Waals surface area contributed by atoms with Crippen LogP contribution < -0.4 is 15.5 Å². The number of pyridine rings is 1. The Bertz CT molecular complexity index is 1040. The maximum Gasteiger partial charge on any atom is 0.322 e. The molecule has 3 heterocycles. The molecule has 0 saturated carbocycles. The first-order chi connectivity index (χ1) is 13.6. The van der Waals surface area contributed by atoms with Crippen LogP contribution >= 0.6 is 0 Å². The first-order valence-electron chi connectivity index (χ1n) is 9.05. The highest BCUT2D eigenvalue weighted by atomic mass is 32.2. The lowest BCUT2D eigenvalue weighted by Crippen LogP contribution is -2.52. The third kappa shape index (κ3) is 4.75. The van der Waals surface area contributed by atoms with Gasteiger partial charge in [0.2, 0.25) is 10.0 Å². The van der Waals surface area contributed by atoms with Crippen molar-refractivity contribution >= 4 is 27.8 Å². The van der Waals surface area contributed by atoms with Crippen molar-refractivity contribution < 1.29 is 18.0 Å². The van der Waals surface area contributed by atoms with Gasteiger partial charge in [0.15, 0.2) is 0 Å². The fraction of sp³-hybridized carbons (Fsp3) is 0.421. The number of aromatic nitrogens is 1. The summed E-state index contributed by atoms with van der Waals surface area (Å²) in [6, 6.07) is 3.02. The highest BCUT2D eigenvalue weighted by Crippen LogP contribution is 2.19. The van der Waals surface area contributed by atoms with E-state index in [1.807, 2.05) is 31.1 Å². The Morgan fingerprint density at radius 3 is 2.66 bits per heavy atom. The lowest BCUT2D eigenvalue weighted by atomic mass is 10.1. The number of carbonyl (C=O) groups excluding carboxylic acids is 2. The van der Waals surface area contributed by atoms with E-state index in [0.717, 1.165) is 17.0 Å². The van der Waals surface area contributed by atoms with Gasteiger partial charge in [-0.05, 0) is 25.5 Å². The van der Waals surface area contributed by atoms with Crippen molar-refractivity contribution in [3.05, 3.63) is 35.5 Å². The minimum atomic E-state index is -3.74. The van der Waals surface area contributed by atoms with E-state index < -0.39 is 33.3 Å². The van der Waals surface area contributed by atoms with Crippen LogP contribution in [0.2, 0.25) is 0 Å². The molecule has 10 heteroatoms. The highest BCUT2D eigenvalue weighted by Gasteiger charge is 2.46. The summed E-state index contributed by atoms with van der Waals surface area (Å²) < 4.78 is 26.7. The van der Waals surface area contributed by atoms with Gasteiger partial charge in [-0.15, -0.1) is 0 Å². The van der Waals surface area contributed by atoms with E-state index in [2.05, 4.69) is 27.5 Å². The van der Waals surface area contributed by atoms with Crippen molar-refractivity contribution in [1.82, 2.24) is 19.9 Å². The number of nitrogens with zero attached hydrogens (tertiary/aromatic N) is 3. The van der Waals surface area contributed by atoms with Crippen LogP contribution in [0.5, 0.6) is 0 Å². The van der Waals surface area contributed by atoms with E-state index >= 15 is 0 Å². The first-order valence-corrected chi connectivity index (χ1v) is 10.7. The van der Waals surface area contributed by atoms with Crippen LogP contribution in [0.3, 0.4) is 0 Å². The molecule has 2 aliphatic heterocycles. The van der Waals surface area contributed by atoms with Gasteiger partial charge in [0.25, 0.3) is 5.91 Å². The Morgan fingerprint density at radius 1 is 1.31 bits per heavy atom. The summed E-state index contributed by atoms with van der Waals surface area (Å²) in [5.41, 5.74) is 0.221. The van der Waals surface area contributed by atoms with Crippen molar-refractivity contribution in [3.63, 3.8) is 0 Å². The van der Waals surface area contributed by atoms with Gasteiger partial charge in [-0.3, -0.25) is 10.1 Å². The predicted octanol–water partition coefficient (Wildman–Crippen LogP) is 0.0591. The summed E-state index contributed by atoms with van der Waals surface area (Å²) in [5.74, 6) is 5.86. The molecule has 0 aliphatic carbocycles. The molecule has 29 heavy (non-hydrogen) atoms. The maximum atomic E-state index is 12.7. The van der Waals surface area contributed by atoms with Crippen molar-refractivity contribution in [1.29, 1.82) is 0 Å². The molecule has 1 saturated heterocycles. The van der Waals surface area contributed by atoms with E-state index in [-0.39, 0.29) is 13.1 Å². The molecule has 154 valence electrons. The molecule has 2 N–H and O–H groups in total. The molecule has 2 aliphatic rings. The molecule has 1 aromatic rings. The zero-order chi connectivity index (χ0) is 21.2. The molecular formula is C19H23N5O4S. The van der Waals surface area contributed by atoms with Crippen LogP contribution in [-0.4, -0.2) is 68.1 Å². The average molecular weight is 417 g/mol. The SMILES string of the molecule is CN(C)c1cc(C#CC2=CCN(S(=O)(=O)C[C@@]3(C)NC(=O)NC3=O)CC2)ccn1. The van der Waals surface area contributed by atoms with Gasteiger partial charge in [0, 0.05) is 44.5 Å². The number of sulfonamides is 1. The Hall–Kier alpha value is -2.90. The number of anilines is 1. The fourth-order valence-corrected chi connectivity index (χ4v) is 4.83. The van der Waals surface area contributed by atoms with Gasteiger partial charge in [0.05, 0.1) is 5.75 Å². The van der Waals surface area contributed by atoms with Crippen LogP contribution in [0.4, 0.5) is 10.6 Å². The Labute approximate surface area is 170 Å². The van der Waals surface area contributed by atoms with Crippen LogP contribution in [0.25, 0.3) is 0 Å². The second-order valence-electron chi connectivity index (χ2n) is 7.38. The number of hydrogen-bond donors (Lipinski definition) is 2. The summed E-state index contributed by atoms with van der Waals surface area (Å²) in [7, 11) is 0.0681. The minimum Gasteiger partial charge on any atom is -0.363 e. The predicted molar refractivity (Wildman–Crippen MR) is 109 cm³/mol. The molecule has 1 aromatic heterocycles. The maximum absolute atomic E-state index is 12.7. The molecular weight excluding hydrogens is 394 g/mol. The normalized spacial score (nSPS) is 22.2. The molecule has 0 spiro atoms. The molecule has 3 rings (SSSR count). The topological polar surface area (TPSA) is 112 Å². The standard InChI is InChI=1S/C19H23N5O4S/c1-19(17(25)21-18(26)22-19)13-29(27,28)24-10-7-14(8-11-24)4-5-15-6-9-20-16(12-15)23(2)3/h6-7,9,12H,8,10-11,13H2,1-3H3,(H2,21,22,25,26)/t19-/m1/s1. The van der Waals surface area contributed by atoms with E-state index in [0.29, 0.717) is 6.42 Å². The lowest BCUT2D eigenvalue weighted by molar-refractivity contribution is -0.122. The van der Waals surface area contributed by atoms with Crippen molar-refractivity contribution in [2.75, 3.05) is 37.8 Å². The summed E-state index contributed by atoms with van der Waals surface area (Å²) in [5, 5.41) is 4.46. The van der Waals surface area contributed by atoms with Crippen molar-refractivity contribution in [2.45, 2.75) is 18.9 Å². The minimum absolute atomic E-state index is 0.178. The summed E-state index contributed by atoms with van der Waals surface area (Å²) in [6.07, 6.45) is 3.95. The lowest BCUT2D eigenvalue weighted by Gasteiger charge is -2.28. The molecule has 1 fully saturated rings. The van der Waals surface area contributed by atoms with Gasteiger partial charge < -0.3 is 10.2 Å². The summed E-state index contributed by atoms with van der Waals surface area (Å²) >= 11 is 0. The number of nitrogens with one attached hydrogen (secondary N) is 2. The number of hydrogen-bond acceptors (Lipinski definition) is 6. The number of amides is 3. The third-order valence-electron chi connectivity index (χ3n) is 4.73. The molecule has 3 amide bonds. The second kappa shape index (κ2) is 7.85. The van der Waals surface area contributed by atoms with Crippen LogP contribution in [0.1, 0.15) is 18.9 Å². The van der Waals surface area contributed by atoms with E-state index in [9.17, 15) is 18.0 Å². The molecule has 9 nitrogen and oxygen atoms in total. The second-order valence-corrected chi connectivity index (χ2v) is 9.35. The first kappa shape index (κ1) is 20.8. The van der Waals surface area contributed by atoms with Gasteiger partial charge >= 0.3 is 6.03 Å². The number of carbonyl (C=O) groups is 2. The third-order valence-corrected chi connectivity index (χ3v) is 6.79. The summed E-state index contributed by atoms with van der Waals surface area (Å²) in [6.45, 7) is 1.85. The number of imide groups is 1. The Kier molecular flexibility index (Phi) is 5.64.